The van der Waals surface area contributed by atoms with Crippen LogP contribution in [0, 0.1) is 17.2 Å². The van der Waals surface area contributed by atoms with E-state index in [0.29, 0.717) is 12.1 Å². The second-order valence-corrected chi connectivity index (χ2v) is 5.57. The number of benzene rings is 1. The van der Waals surface area contributed by atoms with Crippen LogP contribution in [0.4, 0.5) is 0 Å². The molecule has 0 atom stereocenters. The highest BCUT2D eigenvalue weighted by Crippen LogP contribution is 2.22. The largest absolute Gasteiger partial charge is 0.352 e. The standard InChI is InChI=1S/C17H22N2O/c18-12-14-7-6-8-15(11-14)13-19-17(20)16-9-4-2-1-3-5-10-16/h6-8,11,16H,1-5,9-10,13H2,(H,19,20). The fourth-order valence-corrected chi connectivity index (χ4v) is 2.80. The van der Waals surface area contributed by atoms with Crippen molar-refractivity contribution in [3.05, 3.63) is 35.4 Å². The van der Waals surface area contributed by atoms with Crippen molar-refractivity contribution in [3.63, 3.8) is 0 Å². The van der Waals surface area contributed by atoms with E-state index in [0.717, 1.165) is 18.4 Å². The van der Waals surface area contributed by atoms with Gasteiger partial charge in [0, 0.05) is 12.5 Å². The van der Waals surface area contributed by atoms with Gasteiger partial charge in [-0.1, -0.05) is 44.2 Å². The van der Waals surface area contributed by atoms with Crippen molar-refractivity contribution in [2.45, 2.75) is 51.5 Å². The Morgan fingerprint density at radius 2 is 1.90 bits per heavy atom. The highest BCUT2D eigenvalue weighted by Gasteiger charge is 2.18. The van der Waals surface area contributed by atoms with E-state index < -0.39 is 0 Å². The molecule has 0 heterocycles. The molecule has 1 N–H and O–H groups in total. The molecule has 1 fully saturated rings. The summed E-state index contributed by atoms with van der Waals surface area (Å²) in [6.07, 6.45) is 8.20. The highest BCUT2D eigenvalue weighted by molar-refractivity contribution is 5.78. The van der Waals surface area contributed by atoms with Gasteiger partial charge in [-0.15, -0.1) is 0 Å². The van der Waals surface area contributed by atoms with E-state index >= 15 is 0 Å². The van der Waals surface area contributed by atoms with E-state index in [1.54, 1.807) is 6.07 Å². The van der Waals surface area contributed by atoms with Crippen LogP contribution in [0.25, 0.3) is 0 Å². The first-order valence-electron chi connectivity index (χ1n) is 7.56. The zero-order chi connectivity index (χ0) is 14.2. The minimum absolute atomic E-state index is 0.175. The number of amides is 1. The van der Waals surface area contributed by atoms with Crippen molar-refractivity contribution in [2.75, 3.05) is 0 Å². The van der Waals surface area contributed by atoms with Crippen LogP contribution in [0.3, 0.4) is 0 Å². The molecule has 3 nitrogen and oxygen atoms in total. The number of hydrogen-bond donors (Lipinski definition) is 1. The molecule has 1 amide bonds. The van der Waals surface area contributed by atoms with Crippen LogP contribution in [-0.2, 0) is 11.3 Å². The first-order valence-corrected chi connectivity index (χ1v) is 7.56. The molecule has 0 bridgehead atoms. The van der Waals surface area contributed by atoms with Crippen molar-refractivity contribution in [3.8, 4) is 6.07 Å². The lowest BCUT2D eigenvalue weighted by atomic mass is 9.90. The van der Waals surface area contributed by atoms with E-state index in [-0.39, 0.29) is 11.8 Å². The maximum atomic E-state index is 12.2. The molecule has 1 aliphatic rings. The highest BCUT2D eigenvalue weighted by atomic mass is 16.1. The van der Waals surface area contributed by atoms with Crippen molar-refractivity contribution in [1.29, 1.82) is 5.26 Å². The van der Waals surface area contributed by atoms with Gasteiger partial charge in [0.25, 0.3) is 0 Å². The first-order chi connectivity index (χ1) is 9.79. The van der Waals surface area contributed by atoms with E-state index in [2.05, 4.69) is 11.4 Å². The molecule has 0 unspecified atom stereocenters. The summed E-state index contributed by atoms with van der Waals surface area (Å²) in [7, 11) is 0. The van der Waals surface area contributed by atoms with Crippen LogP contribution in [0.1, 0.15) is 56.1 Å². The Bertz CT molecular complexity index is 482. The Balaban J connectivity index is 1.85. The van der Waals surface area contributed by atoms with Crippen molar-refractivity contribution in [1.82, 2.24) is 5.32 Å². The van der Waals surface area contributed by atoms with E-state index in [9.17, 15) is 4.79 Å². The van der Waals surface area contributed by atoms with Gasteiger partial charge in [-0.3, -0.25) is 4.79 Å². The fraction of sp³-hybridized carbons (Fsp3) is 0.529. The molecule has 106 valence electrons. The molecule has 0 spiro atoms. The Hall–Kier alpha value is -1.82. The topological polar surface area (TPSA) is 52.9 Å². The Morgan fingerprint density at radius 1 is 1.20 bits per heavy atom. The molecule has 2 rings (SSSR count). The second-order valence-electron chi connectivity index (χ2n) is 5.57. The molecule has 1 aromatic carbocycles. The zero-order valence-electron chi connectivity index (χ0n) is 11.9. The molecule has 1 aromatic rings. The van der Waals surface area contributed by atoms with Crippen molar-refractivity contribution in [2.24, 2.45) is 5.92 Å². The van der Waals surface area contributed by atoms with E-state index in [4.69, 9.17) is 5.26 Å². The van der Waals surface area contributed by atoms with Gasteiger partial charge in [0.1, 0.15) is 0 Å². The van der Waals surface area contributed by atoms with E-state index in [1.807, 2.05) is 18.2 Å². The van der Waals surface area contributed by atoms with Gasteiger partial charge < -0.3 is 5.32 Å². The number of rotatable bonds is 3. The summed E-state index contributed by atoms with van der Waals surface area (Å²) < 4.78 is 0. The van der Waals surface area contributed by atoms with Gasteiger partial charge in [-0.2, -0.15) is 5.26 Å². The first kappa shape index (κ1) is 14.6. The van der Waals surface area contributed by atoms with Gasteiger partial charge in [0.15, 0.2) is 0 Å². The summed E-state index contributed by atoms with van der Waals surface area (Å²) in [5, 5.41) is 11.9. The van der Waals surface area contributed by atoms with Crippen LogP contribution < -0.4 is 5.32 Å². The van der Waals surface area contributed by atoms with Gasteiger partial charge in [-0.05, 0) is 30.5 Å². The Morgan fingerprint density at radius 3 is 2.60 bits per heavy atom. The van der Waals surface area contributed by atoms with Crippen molar-refractivity contribution < 1.29 is 4.79 Å². The van der Waals surface area contributed by atoms with Crippen LogP contribution in [-0.4, -0.2) is 5.91 Å². The van der Waals surface area contributed by atoms with Crippen LogP contribution in [0.5, 0.6) is 0 Å². The number of nitriles is 1. The molecular weight excluding hydrogens is 248 g/mol. The summed E-state index contributed by atoms with van der Waals surface area (Å²) in [5.41, 5.74) is 1.63. The molecular formula is C17H22N2O. The van der Waals surface area contributed by atoms with Gasteiger partial charge in [-0.25, -0.2) is 0 Å². The zero-order valence-corrected chi connectivity index (χ0v) is 11.9. The molecule has 0 aromatic heterocycles. The SMILES string of the molecule is N#Cc1cccc(CNC(=O)C2CCCCCCC2)c1. The number of nitrogens with one attached hydrogen (secondary N) is 1. The predicted molar refractivity (Wildman–Crippen MR) is 78.8 cm³/mol. The summed E-state index contributed by atoms with van der Waals surface area (Å²) in [6, 6.07) is 9.53. The summed E-state index contributed by atoms with van der Waals surface area (Å²) in [6.45, 7) is 0.519. The quantitative estimate of drug-likeness (QED) is 0.913. The summed E-state index contributed by atoms with van der Waals surface area (Å²) >= 11 is 0. The third-order valence-electron chi connectivity index (χ3n) is 4.00. The molecule has 3 heteroatoms. The predicted octanol–water partition coefficient (Wildman–Crippen LogP) is 3.53. The Kier molecular flexibility index (Phi) is 5.61. The monoisotopic (exact) mass is 270 g/mol. The van der Waals surface area contributed by atoms with Crippen LogP contribution >= 0.6 is 0 Å². The lowest BCUT2D eigenvalue weighted by molar-refractivity contribution is -0.125. The number of nitrogens with zero attached hydrogens (tertiary/aromatic N) is 1. The minimum atomic E-state index is 0.175. The number of carbonyl (C=O) groups excluding carboxylic acids is 1. The Labute approximate surface area is 121 Å². The average Bonchev–Trinajstić information content (AvgIpc) is 2.44. The minimum Gasteiger partial charge on any atom is -0.352 e. The van der Waals surface area contributed by atoms with Gasteiger partial charge in [0.05, 0.1) is 11.6 Å². The molecule has 0 radical (unpaired) electrons. The molecule has 20 heavy (non-hydrogen) atoms. The van der Waals surface area contributed by atoms with Crippen molar-refractivity contribution >= 4 is 5.91 Å². The lowest BCUT2D eigenvalue weighted by Crippen LogP contribution is -2.30. The second kappa shape index (κ2) is 7.69. The average molecular weight is 270 g/mol. The summed E-state index contributed by atoms with van der Waals surface area (Å²) in [5.74, 6) is 0.351. The smallest absolute Gasteiger partial charge is 0.223 e. The third kappa shape index (κ3) is 4.38. The van der Waals surface area contributed by atoms with Gasteiger partial charge >= 0.3 is 0 Å². The molecule has 1 aliphatic carbocycles. The summed E-state index contributed by atoms with van der Waals surface area (Å²) in [4.78, 5) is 12.2. The van der Waals surface area contributed by atoms with Crippen LogP contribution in [0.15, 0.2) is 24.3 Å². The maximum absolute atomic E-state index is 12.2. The normalized spacial score (nSPS) is 16.8. The maximum Gasteiger partial charge on any atom is 0.223 e. The lowest BCUT2D eigenvalue weighted by Gasteiger charge is -2.19. The van der Waals surface area contributed by atoms with E-state index in [1.165, 1.54) is 32.1 Å². The number of carbonyl (C=O) groups is 1. The molecule has 0 aliphatic heterocycles. The van der Waals surface area contributed by atoms with Gasteiger partial charge in [0.2, 0.25) is 5.91 Å². The molecule has 0 saturated heterocycles. The number of hydrogen-bond acceptors (Lipinski definition) is 2. The fourth-order valence-electron chi connectivity index (χ4n) is 2.80. The molecule has 1 saturated carbocycles. The third-order valence-corrected chi connectivity index (χ3v) is 4.00. The van der Waals surface area contributed by atoms with Crippen LogP contribution in [0.2, 0.25) is 0 Å².